The fourth-order valence-electron chi connectivity index (χ4n) is 2.50. The molecule has 1 aliphatic heterocycles. The van der Waals surface area contributed by atoms with E-state index in [0.29, 0.717) is 6.04 Å². The highest BCUT2D eigenvalue weighted by molar-refractivity contribution is 5.40. The van der Waals surface area contributed by atoms with Gasteiger partial charge in [-0.1, -0.05) is 25.5 Å². The van der Waals surface area contributed by atoms with Crippen LogP contribution in [0.3, 0.4) is 0 Å². The Hall–Kier alpha value is -1.02. The number of likely N-dealkylation sites (tertiary alicyclic amines) is 1. The van der Waals surface area contributed by atoms with Gasteiger partial charge in [0.15, 0.2) is 0 Å². The van der Waals surface area contributed by atoms with Crippen molar-refractivity contribution < 1.29 is 0 Å². The van der Waals surface area contributed by atoms with E-state index in [2.05, 4.69) is 30.9 Å². The van der Waals surface area contributed by atoms with Crippen molar-refractivity contribution >= 4 is 5.69 Å². The zero-order valence-corrected chi connectivity index (χ0v) is 10.3. The Kier molecular flexibility index (Phi) is 3.49. The first-order valence-electron chi connectivity index (χ1n) is 6.30. The van der Waals surface area contributed by atoms with Crippen LogP contribution in [-0.4, -0.2) is 18.0 Å². The van der Waals surface area contributed by atoms with Crippen molar-refractivity contribution in [1.29, 1.82) is 0 Å². The molecule has 88 valence electrons. The van der Waals surface area contributed by atoms with Gasteiger partial charge in [0.05, 0.1) is 0 Å². The lowest BCUT2D eigenvalue weighted by molar-refractivity contribution is 0.0545. The second-order valence-corrected chi connectivity index (χ2v) is 4.95. The molecule has 2 heteroatoms. The highest BCUT2D eigenvalue weighted by Crippen LogP contribution is 2.30. The fourth-order valence-corrected chi connectivity index (χ4v) is 2.50. The second kappa shape index (κ2) is 4.88. The van der Waals surface area contributed by atoms with E-state index < -0.39 is 0 Å². The normalized spacial score (nSPS) is 19.4. The monoisotopic (exact) mass is 218 g/mol. The average Bonchev–Trinajstić information content (AvgIpc) is 2.23. The third-order valence-corrected chi connectivity index (χ3v) is 3.65. The van der Waals surface area contributed by atoms with Crippen LogP contribution in [-0.2, 0) is 0 Å². The molecule has 0 aliphatic carbocycles. The number of hydrogen-bond donors (Lipinski definition) is 1. The van der Waals surface area contributed by atoms with Crippen LogP contribution < -0.4 is 5.73 Å². The van der Waals surface area contributed by atoms with E-state index in [0.717, 1.165) is 11.6 Å². The van der Waals surface area contributed by atoms with Gasteiger partial charge in [0.2, 0.25) is 0 Å². The molecule has 16 heavy (non-hydrogen) atoms. The van der Waals surface area contributed by atoms with Crippen LogP contribution in [0.1, 0.15) is 38.3 Å². The summed E-state index contributed by atoms with van der Waals surface area (Å²) in [4.78, 5) is 2.55. The lowest BCUT2D eigenvalue weighted by atomic mass is 9.91. The standard InChI is InChI=1S/C14H22N2/c1-3-4-12-9-16(10-12)11(2)13-5-7-14(15)8-6-13/h5-8,11-12H,3-4,9-10,15H2,1-2H3. The highest BCUT2D eigenvalue weighted by Gasteiger charge is 2.29. The molecule has 0 amide bonds. The lowest BCUT2D eigenvalue weighted by Crippen LogP contribution is -2.47. The number of nitrogens with two attached hydrogens (primary N) is 1. The molecule has 0 saturated carbocycles. The molecule has 1 saturated heterocycles. The number of benzene rings is 1. The molecule has 0 spiro atoms. The van der Waals surface area contributed by atoms with Gasteiger partial charge >= 0.3 is 0 Å². The molecule has 1 aromatic rings. The van der Waals surface area contributed by atoms with Crippen LogP contribution in [0.4, 0.5) is 5.69 Å². The zero-order chi connectivity index (χ0) is 11.5. The topological polar surface area (TPSA) is 29.3 Å². The summed E-state index contributed by atoms with van der Waals surface area (Å²) in [6, 6.07) is 8.82. The van der Waals surface area contributed by atoms with Gasteiger partial charge in [-0.3, -0.25) is 4.90 Å². The molecule has 0 bridgehead atoms. The van der Waals surface area contributed by atoms with Crippen LogP contribution >= 0.6 is 0 Å². The first kappa shape index (κ1) is 11.5. The Morgan fingerprint density at radius 3 is 2.50 bits per heavy atom. The maximum Gasteiger partial charge on any atom is 0.0320 e. The van der Waals surface area contributed by atoms with Crippen molar-refractivity contribution in [1.82, 2.24) is 4.90 Å². The van der Waals surface area contributed by atoms with Gasteiger partial charge < -0.3 is 5.73 Å². The van der Waals surface area contributed by atoms with E-state index in [1.54, 1.807) is 0 Å². The van der Waals surface area contributed by atoms with E-state index in [9.17, 15) is 0 Å². The number of hydrogen-bond acceptors (Lipinski definition) is 2. The molecule has 1 unspecified atom stereocenters. The van der Waals surface area contributed by atoms with Gasteiger partial charge in [0, 0.05) is 24.8 Å². The smallest absolute Gasteiger partial charge is 0.0320 e. The minimum atomic E-state index is 0.536. The predicted octanol–water partition coefficient (Wildman–Crippen LogP) is 3.06. The maximum absolute atomic E-state index is 5.70. The molecule has 1 aliphatic rings. The number of anilines is 1. The Labute approximate surface area is 98.4 Å². The van der Waals surface area contributed by atoms with Crippen molar-refractivity contribution in [3.05, 3.63) is 29.8 Å². The second-order valence-electron chi connectivity index (χ2n) is 4.95. The Morgan fingerprint density at radius 1 is 1.31 bits per heavy atom. The summed E-state index contributed by atoms with van der Waals surface area (Å²) in [7, 11) is 0. The van der Waals surface area contributed by atoms with Gasteiger partial charge in [-0.2, -0.15) is 0 Å². The highest BCUT2D eigenvalue weighted by atomic mass is 15.2. The average molecular weight is 218 g/mol. The molecule has 1 fully saturated rings. The molecule has 1 heterocycles. The predicted molar refractivity (Wildman–Crippen MR) is 69.2 cm³/mol. The SMILES string of the molecule is CCCC1CN(C(C)c2ccc(N)cc2)C1. The van der Waals surface area contributed by atoms with Crippen molar-refractivity contribution in [3.63, 3.8) is 0 Å². The maximum atomic E-state index is 5.70. The van der Waals surface area contributed by atoms with Gasteiger partial charge in [0.1, 0.15) is 0 Å². The fraction of sp³-hybridized carbons (Fsp3) is 0.571. The molecule has 0 aromatic heterocycles. The van der Waals surface area contributed by atoms with Crippen molar-refractivity contribution in [2.75, 3.05) is 18.8 Å². The van der Waals surface area contributed by atoms with Crippen molar-refractivity contribution in [2.45, 2.75) is 32.7 Å². The van der Waals surface area contributed by atoms with Gasteiger partial charge in [-0.25, -0.2) is 0 Å². The first-order chi connectivity index (χ1) is 7.70. The van der Waals surface area contributed by atoms with E-state index in [4.69, 9.17) is 5.73 Å². The molecule has 1 atom stereocenters. The van der Waals surface area contributed by atoms with Crippen molar-refractivity contribution in [3.8, 4) is 0 Å². The summed E-state index contributed by atoms with van der Waals surface area (Å²) in [5.41, 5.74) is 7.93. The van der Waals surface area contributed by atoms with Crippen LogP contribution in [0.15, 0.2) is 24.3 Å². The van der Waals surface area contributed by atoms with Crippen molar-refractivity contribution in [2.24, 2.45) is 5.92 Å². The molecule has 2 nitrogen and oxygen atoms in total. The molecular weight excluding hydrogens is 196 g/mol. The van der Waals surface area contributed by atoms with Gasteiger partial charge in [0.25, 0.3) is 0 Å². The van der Waals surface area contributed by atoms with Gasteiger partial charge in [-0.05, 0) is 37.0 Å². The molecule has 1 aromatic carbocycles. The van der Waals surface area contributed by atoms with E-state index in [1.807, 2.05) is 12.1 Å². The summed E-state index contributed by atoms with van der Waals surface area (Å²) < 4.78 is 0. The Morgan fingerprint density at radius 2 is 1.94 bits per heavy atom. The van der Waals surface area contributed by atoms with E-state index >= 15 is 0 Å². The Bertz CT molecular complexity index is 325. The number of rotatable bonds is 4. The summed E-state index contributed by atoms with van der Waals surface area (Å²) >= 11 is 0. The first-order valence-corrected chi connectivity index (χ1v) is 6.30. The molecule has 2 rings (SSSR count). The summed E-state index contributed by atoms with van der Waals surface area (Å²) in [5, 5.41) is 0. The quantitative estimate of drug-likeness (QED) is 0.787. The summed E-state index contributed by atoms with van der Waals surface area (Å²) in [6.07, 6.45) is 2.69. The zero-order valence-electron chi connectivity index (χ0n) is 10.3. The minimum Gasteiger partial charge on any atom is -0.399 e. The van der Waals surface area contributed by atoms with Crippen LogP contribution in [0.25, 0.3) is 0 Å². The largest absolute Gasteiger partial charge is 0.399 e. The lowest BCUT2D eigenvalue weighted by Gasteiger charge is -2.43. The number of nitrogens with zero attached hydrogens (tertiary/aromatic N) is 1. The van der Waals surface area contributed by atoms with Gasteiger partial charge in [-0.15, -0.1) is 0 Å². The third-order valence-electron chi connectivity index (χ3n) is 3.65. The third kappa shape index (κ3) is 2.38. The summed E-state index contributed by atoms with van der Waals surface area (Å²) in [6.45, 7) is 7.08. The van der Waals surface area contributed by atoms with Crippen LogP contribution in [0.2, 0.25) is 0 Å². The summed E-state index contributed by atoms with van der Waals surface area (Å²) in [5.74, 6) is 0.932. The van der Waals surface area contributed by atoms with Crippen LogP contribution in [0.5, 0.6) is 0 Å². The molecule has 0 radical (unpaired) electrons. The Balaban J connectivity index is 1.89. The van der Waals surface area contributed by atoms with E-state index in [-0.39, 0.29) is 0 Å². The minimum absolute atomic E-state index is 0.536. The number of nitrogen functional groups attached to an aromatic ring is 1. The van der Waals surface area contributed by atoms with E-state index in [1.165, 1.54) is 31.5 Å². The molecule has 2 N–H and O–H groups in total. The van der Waals surface area contributed by atoms with Crippen LogP contribution in [0, 0.1) is 5.92 Å². The molecular formula is C14H22N2.